The number of rotatable bonds is 5. The van der Waals surface area contributed by atoms with Gasteiger partial charge in [0.1, 0.15) is 12.7 Å². The van der Waals surface area contributed by atoms with E-state index in [-0.39, 0.29) is 12.5 Å². The van der Waals surface area contributed by atoms with Gasteiger partial charge in [-0.3, -0.25) is 8.86 Å². The van der Waals surface area contributed by atoms with E-state index in [1.165, 1.54) is 6.33 Å². The fraction of sp³-hybridized carbons (Fsp3) is 0.800. The lowest BCUT2D eigenvalue weighted by molar-refractivity contribution is -0.0402. The molecule has 2 rings (SSSR count). The van der Waals surface area contributed by atoms with Crippen molar-refractivity contribution in [2.75, 3.05) is 12.9 Å². The molecule has 0 saturated heterocycles. The third kappa shape index (κ3) is 3.27. The van der Waals surface area contributed by atoms with Crippen LogP contribution in [0.1, 0.15) is 19.3 Å². The minimum atomic E-state index is -3.53. The summed E-state index contributed by atoms with van der Waals surface area (Å²) in [6.45, 7) is 0.328. The van der Waals surface area contributed by atoms with Gasteiger partial charge in [0.15, 0.2) is 0 Å². The third-order valence-corrected chi connectivity index (χ3v) is 3.87. The molecule has 1 N–H and O–H groups in total. The average Bonchev–Trinajstić information content (AvgIpc) is 2.88. The monoisotopic (exact) mass is 275 g/mol. The molecule has 0 bridgehead atoms. The van der Waals surface area contributed by atoms with Gasteiger partial charge in [-0.05, 0) is 12.8 Å². The molecule has 2 unspecified atom stereocenters. The summed E-state index contributed by atoms with van der Waals surface area (Å²) >= 11 is 0. The van der Waals surface area contributed by atoms with Crippen LogP contribution in [0.15, 0.2) is 12.7 Å². The molecule has 0 aliphatic heterocycles. The molecule has 1 heterocycles. The van der Waals surface area contributed by atoms with Crippen LogP contribution in [-0.4, -0.2) is 46.8 Å². The summed E-state index contributed by atoms with van der Waals surface area (Å²) in [5.41, 5.74) is -1.10. The number of aromatic nitrogens is 3. The van der Waals surface area contributed by atoms with Crippen LogP contribution < -0.4 is 0 Å². The maximum atomic E-state index is 11.0. The van der Waals surface area contributed by atoms with E-state index in [1.807, 2.05) is 0 Å². The maximum Gasteiger partial charge on any atom is 0.264 e. The van der Waals surface area contributed by atoms with Crippen molar-refractivity contribution >= 4 is 10.1 Å². The van der Waals surface area contributed by atoms with E-state index in [2.05, 4.69) is 10.1 Å². The smallest absolute Gasteiger partial charge is 0.264 e. The Morgan fingerprint density at radius 1 is 1.61 bits per heavy atom. The van der Waals surface area contributed by atoms with Crippen LogP contribution in [0.4, 0.5) is 0 Å². The van der Waals surface area contributed by atoms with E-state index in [4.69, 9.17) is 4.18 Å². The molecule has 1 aliphatic rings. The van der Waals surface area contributed by atoms with Gasteiger partial charge in [-0.15, -0.1) is 0 Å². The van der Waals surface area contributed by atoms with Crippen LogP contribution in [0.2, 0.25) is 0 Å². The van der Waals surface area contributed by atoms with Gasteiger partial charge in [0.05, 0.1) is 18.5 Å². The fourth-order valence-corrected chi connectivity index (χ4v) is 2.76. The molecule has 0 amide bonds. The molecule has 18 heavy (non-hydrogen) atoms. The van der Waals surface area contributed by atoms with Gasteiger partial charge in [-0.1, -0.05) is 6.42 Å². The van der Waals surface area contributed by atoms with Crippen molar-refractivity contribution in [1.29, 1.82) is 0 Å². The van der Waals surface area contributed by atoms with E-state index >= 15 is 0 Å². The van der Waals surface area contributed by atoms with Crippen LogP contribution in [-0.2, 0) is 20.8 Å². The molecule has 1 saturated carbocycles. The quantitative estimate of drug-likeness (QED) is 0.747. The molecular weight excluding hydrogens is 258 g/mol. The van der Waals surface area contributed by atoms with Crippen molar-refractivity contribution in [3.8, 4) is 0 Å². The Balaban J connectivity index is 2.01. The Bertz CT molecular complexity index is 487. The zero-order valence-corrected chi connectivity index (χ0v) is 11.0. The van der Waals surface area contributed by atoms with Crippen molar-refractivity contribution in [1.82, 2.24) is 14.8 Å². The Labute approximate surface area is 106 Å². The van der Waals surface area contributed by atoms with E-state index in [9.17, 15) is 13.5 Å². The molecule has 7 nitrogen and oxygen atoms in total. The fourth-order valence-electron chi connectivity index (χ4n) is 2.34. The number of hydrogen-bond donors (Lipinski definition) is 1. The van der Waals surface area contributed by atoms with Crippen LogP contribution in [0, 0.1) is 5.92 Å². The van der Waals surface area contributed by atoms with Crippen LogP contribution in [0.5, 0.6) is 0 Å². The van der Waals surface area contributed by atoms with Crippen molar-refractivity contribution in [2.45, 2.75) is 31.4 Å². The van der Waals surface area contributed by atoms with Gasteiger partial charge in [-0.2, -0.15) is 13.5 Å². The summed E-state index contributed by atoms with van der Waals surface area (Å²) in [5, 5.41) is 14.5. The largest absolute Gasteiger partial charge is 0.387 e. The molecule has 0 aromatic carbocycles. The molecule has 1 aromatic rings. The normalized spacial score (nSPS) is 28.7. The SMILES string of the molecule is CS(=O)(=O)OCC1(O)CCCC1Cn1cncn1. The zero-order chi connectivity index (χ0) is 13.2. The highest BCUT2D eigenvalue weighted by Crippen LogP contribution is 2.37. The van der Waals surface area contributed by atoms with Crippen molar-refractivity contribution in [3.05, 3.63) is 12.7 Å². The zero-order valence-electron chi connectivity index (χ0n) is 10.2. The van der Waals surface area contributed by atoms with E-state index < -0.39 is 15.7 Å². The summed E-state index contributed by atoms with van der Waals surface area (Å²) in [6, 6.07) is 0. The molecule has 2 atom stereocenters. The molecule has 1 aromatic heterocycles. The Morgan fingerprint density at radius 3 is 3.00 bits per heavy atom. The van der Waals surface area contributed by atoms with Gasteiger partial charge in [0.25, 0.3) is 10.1 Å². The molecule has 102 valence electrons. The summed E-state index contributed by atoms with van der Waals surface area (Å²) in [7, 11) is -3.53. The first-order valence-electron chi connectivity index (χ1n) is 5.78. The highest BCUT2D eigenvalue weighted by molar-refractivity contribution is 7.85. The molecular formula is C10H17N3O4S. The first kappa shape index (κ1) is 13.4. The van der Waals surface area contributed by atoms with Gasteiger partial charge < -0.3 is 5.11 Å². The average molecular weight is 275 g/mol. The molecule has 0 spiro atoms. The first-order valence-corrected chi connectivity index (χ1v) is 7.60. The highest BCUT2D eigenvalue weighted by atomic mass is 32.2. The second kappa shape index (κ2) is 4.94. The van der Waals surface area contributed by atoms with Gasteiger partial charge in [0, 0.05) is 12.5 Å². The lowest BCUT2D eigenvalue weighted by atomic mass is 9.92. The molecule has 8 heteroatoms. The number of hydrogen-bond acceptors (Lipinski definition) is 6. The van der Waals surface area contributed by atoms with E-state index in [1.54, 1.807) is 11.0 Å². The minimum Gasteiger partial charge on any atom is -0.387 e. The lowest BCUT2D eigenvalue weighted by Gasteiger charge is -2.29. The highest BCUT2D eigenvalue weighted by Gasteiger charge is 2.42. The Kier molecular flexibility index (Phi) is 3.69. The Hall–Kier alpha value is -0.990. The standard InChI is InChI=1S/C10H17N3O4S/c1-18(15,16)17-6-10(14)4-2-3-9(10)5-13-8-11-7-12-13/h7-9,14H,2-6H2,1H3. The Morgan fingerprint density at radius 2 is 2.39 bits per heavy atom. The van der Waals surface area contributed by atoms with Crippen LogP contribution >= 0.6 is 0 Å². The van der Waals surface area contributed by atoms with E-state index in [0.29, 0.717) is 13.0 Å². The van der Waals surface area contributed by atoms with Gasteiger partial charge in [-0.25, -0.2) is 4.98 Å². The maximum absolute atomic E-state index is 11.0. The molecule has 0 radical (unpaired) electrons. The minimum absolute atomic E-state index is 0.0686. The summed E-state index contributed by atoms with van der Waals surface area (Å²) < 4.78 is 28.4. The first-order chi connectivity index (χ1) is 8.39. The molecule has 1 fully saturated rings. The number of aliphatic hydroxyl groups is 1. The van der Waals surface area contributed by atoms with E-state index in [0.717, 1.165) is 19.1 Å². The van der Waals surface area contributed by atoms with Gasteiger partial charge >= 0.3 is 0 Å². The number of nitrogens with zero attached hydrogens (tertiary/aromatic N) is 3. The molecule has 1 aliphatic carbocycles. The predicted octanol–water partition coefficient (Wildman–Crippen LogP) is -0.215. The van der Waals surface area contributed by atoms with Crippen LogP contribution in [0.3, 0.4) is 0 Å². The lowest BCUT2D eigenvalue weighted by Crippen LogP contribution is -2.41. The van der Waals surface area contributed by atoms with Crippen molar-refractivity contribution < 1.29 is 17.7 Å². The van der Waals surface area contributed by atoms with Crippen molar-refractivity contribution in [3.63, 3.8) is 0 Å². The second-order valence-electron chi connectivity index (χ2n) is 4.78. The van der Waals surface area contributed by atoms with Crippen LogP contribution in [0.25, 0.3) is 0 Å². The van der Waals surface area contributed by atoms with Gasteiger partial charge in [0.2, 0.25) is 0 Å². The third-order valence-electron chi connectivity index (χ3n) is 3.32. The summed E-state index contributed by atoms with van der Waals surface area (Å²) in [6.07, 6.45) is 6.21. The summed E-state index contributed by atoms with van der Waals surface area (Å²) in [4.78, 5) is 3.84. The topological polar surface area (TPSA) is 94.3 Å². The van der Waals surface area contributed by atoms with Crippen molar-refractivity contribution in [2.24, 2.45) is 5.92 Å². The summed E-state index contributed by atoms with van der Waals surface area (Å²) in [5.74, 6) is -0.0686. The second-order valence-corrected chi connectivity index (χ2v) is 6.42. The predicted molar refractivity (Wildman–Crippen MR) is 63.1 cm³/mol.